The fourth-order valence-corrected chi connectivity index (χ4v) is 4.33. The van der Waals surface area contributed by atoms with Crippen LogP contribution >= 0.6 is 0 Å². The van der Waals surface area contributed by atoms with Crippen molar-refractivity contribution >= 4 is 0 Å². The van der Waals surface area contributed by atoms with E-state index in [-0.39, 0.29) is 17.0 Å². The topological polar surface area (TPSA) is 71.6 Å². The first-order valence-electron chi connectivity index (χ1n) is 11.1. The summed E-state index contributed by atoms with van der Waals surface area (Å²) in [6.07, 6.45) is -0.697. The number of benzene rings is 2. The Bertz CT molecular complexity index is 1020. The zero-order valence-corrected chi connectivity index (χ0v) is 18.2. The average molecular weight is 459 g/mol. The minimum atomic E-state index is -4.46. The van der Waals surface area contributed by atoms with Gasteiger partial charge in [-0.1, -0.05) is 12.1 Å². The molecule has 2 aliphatic heterocycles. The molecule has 0 amide bonds. The van der Waals surface area contributed by atoms with Gasteiger partial charge in [-0.25, -0.2) is 4.39 Å². The van der Waals surface area contributed by atoms with Crippen molar-refractivity contribution in [3.8, 4) is 12.1 Å². The molecule has 174 valence electrons. The molecule has 2 heterocycles. The molecule has 0 spiro atoms. The summed E-state index contributed by atoms with van der Waals surface area (Å²) in [5.41, 5.74) is 0.713. The summed E-state index contributed by atoms with van der Waals surface area (Å²) in [4.78, 5) is 0. The molecule has 0 aliphatic carbocycles. The van der Waals surface area contributed by atoms with Crippen LogP contribution in [-0.4, -0.2) is 26.2 Å². The normalized spacial score (nSPS) is 17.4. The molecule has 2 N–H and O–H groups in total. The molecule has 0 radical (unpaired) electrons. The molecule has 8 heteroatoms. The Morgan fingerprint density at radius 1 is 0.727 bits per heavy atom. The summed E-state index contributed by atoms with van der Waals surface area (Å²) in [7, 11) is 0. The van der Waals surface area contributed by atoms with Crippen molar-refractivity contribution in [2.45, 2.75) is 43.7 Å². The van der Waals surface area contributed by atoms with E-state index in [9.17, 15) is 17.6 Å². The molecule has 0 unspecified atom stereocenters. The quantitative estimate of drug-likeness (QED) is 0.606. The summed E-state index contributed by atoms with van der Waals surface area (Å²) < 4.78 is 51.8. The van der Waals surface area contributed by atoms with Crippen LogP contribution in [0.25, 0.3) is 0 Å². The number of alkyl halides is 3. The van der Waals surface area contributed by atoms with Crippen LogP contribution in [0.15, 0.2) is 36.4 Å². The Morgan fingerprint density at radius 2 is 1.18 bits per heavy atom. The second-order valence-corrected chi connectivity index (χ2v) is 8.31. The third-order valence-electron chi connectivity index (χ3n) is 6.20. The third kappa shape index (κ3) is 6.54. The summed E-state index contributed by atoms with van der Waals surface area (Å²) >= 11 is 0. The minimum absolute atomic E-state index is 0.132. The monoisotopic (exact) mass is 458 g/mol. The average Bonchev–Trinajstić information content (AvgIpc) is 2.84. The summed E-state index contributed by atoms with van der Waals surface area (Å²) in [5.74, 6) is 0.196. The lowest BCUT2D eigenvalue weighted by molar-refractivity contribution is -0.137. The number of hydrogen-bond donors (Lipinski definition) is 2. The molecular formula is C25H26F4N4. The van der Waals surface area contributed by atoms with E-state index in [1.54, 1.807) is 18.2 Å². The van der Waals surface area contributed by atoms with Crippen LogP contribution in [0.5, 0.6) is 0 Å². The van der Waals surface area contributed by atoms with Crippen LogP contribution in [0.1, 0.15) is 65.3 Å². The Kier molecular flexibility index (Phi) is 8.43. The lowest BCUT2D eigenvalue weighted by Crippen LogP contribution is -2.26. The third-order valence-corrected chi connectivity index (χ3v) is 6.20. The predicted molar refractivity (Wildman–Crippen MR) is 117 cm³/mol. The smallest absolute Gasteiger partial charge is 0.317 e. The van der Waals surface area contributed by atoms with E-state index in [1.807, 2.05) is 12.1 Å². The first-order chi connectivity index (χ1) is 15.8. The molecule has 0 atom stereocenters. The maximum absolute atomic E-state index is 13.4. The van der Waals surface area contributed by atoms with Crippen LogP contribution in [0.2, 0.25) is 0 Å². The van der Waals surface area contributed by atoms with Crippen LogP contribution in [0, 0.1) is 28.5 Å². The van der Waals surface area contributed by atoms with Gasteiger partial charge in [0, 0.05) is 0 Å². The Morgan fingerprint density at radius 3 is 1.61 bits per heavy atom. The molecule has 2 fully saturated rings. The summed E-state index contributed by atoms with van der Waals surface area (Å²) in [5, 5.41) is 23.8. The minimum Gasteiger partial charge on any atom is -0.317 e. The predicted octanol–water partition coefficient (Wildman–Crippen LogP) is 5.21. The highest BCUT2D eigenvalue weighted by atomic mass is 19.4. The fraction of sp³-hybridized carbons (Fsp3) is 0.440. The van der Waals surface area contributed by atoms with E-state index in [2.05, 4.69) is 10.6 Å². The number of nitriles is 2. The van der Waals surface area contributed by atoms with E-state index in [0.29, 0.717) is 11.5 Å². The van der Waals surface area contributed by atoms with Gasteiger partial charge in [-0.05, 0) is 99.1 Å². The number of rotatable bonds is 2. The largest absolute Gasteiger partial charge is 0.417 e. The summed E-state index contributed by atoms with van der Waals surface area (Å²) in [6.45, 7) is 3.64. The van der Waals surface area contributed by atoms with Crippen molar-refractivity contribution in [3.63, 3.8) is 0 Å². The molecule has 4 nitrogen and oxygen atoms in total. The Hall–Kier alpha value is -2.94. The molecule has 0 aromatic heterocycles. The van der Waals surface area contributed by atoms with Crippen molar-refractivity contribution < 1.29 is 17.6 Å². The van der Waals surface area contributed by atoms with Crippen molar-refractivity contribution in [2.24, 2.45) is 0 Å². The van der Waals surface area contributed by atoms with E-state index in [0.717, 1.165) is 63.5 Å². The van der Waals surface area contributed by atoms with E-state index >= 15 is 0 Å². The maximum atomic E-state index is 13.4. The summed E-state index contributed by atoms with van der Waals surface area (Å²) in [6, 6.07) is 12.4. The number of nitrogens with one attached hydrogen (secondary N) is 2. The highest BCUT2D eigenvalue weighted by molar-refractivity contribution is 5.43. The van der Waals surface area contributed by atoms with Gasteiger partial charge in [0.2, 0.25) is 0 Å². The first-order valence-corrected chi connectivity index (χ1v) is 11.1. The Balaban J connectivity index is 0.000000189. The molecular weight excluding hydrogens is 432 g/mol. The van der Waals surface area contributed by atoms with Gasteiger partial charge in [0.05, 0.1) is 22.8 Å². The molecule has 2 aromatic rings. The van der Waals surface area contributed by atoms with E-state index in [4.69, 9.17) is 10.5 Å². The second kappa shape index (κ2) is 11.3. The van der Waals surface area contributed by atoms with Gasteiger partial charge in [0.15, 0.2) is 0 Å². The SMILES string of the molecule is N#Cc1ccc(C2CCNCC2)cc1C(F)(F)F.N#Cc1ccc(C2CCNCC2)cc1F. The molecule has 2 aliphatic rings. The maximum Gasteiger partial charge on any atom is 0.417 e. The number of hydrogen-bond acceptors (Lipinski definition) is 4. The number of nitrogens with zero attached hydrogens (tertiary/aromatic N) is 2. The molecule has 4 rings (SSSR count). The van der Waals surface area contributed by atoms with Gasteiger partial charge in [-0.3, -0.25) is 0 Å². The molecule has 0 saturated carbocycles. The van der Waals surface area contributed by atoms with E-state index in [1.165, 1.54) is 12.1 Å². The van der Waals surface area contributed by atoms with Gasteiger partial charge in [0.1, 0.15) is 11.9 Å². The van der Waals surface area contributed by atoms with Crippen LogP contribution in [0.4, 0.5) is 17.6 Å². The zero-order valence-electron chi connectivity index (χ0n) is 18.2. The highest BCUT2D eigenvalue weighted by Gasteiger charge is 2.34. The zero-order chi connectivity index (χ0) is 23.8. The molecule has 0 bridgehead atoms. The number of halogens is 4. The van der Waals surface area contributed by atoms with E-state index < -0.39 is 17.6 Å². The lowest BCUT2D eigenvalue weighted by Gasteiger charge is -2.24. The Labute approximate surface area is 191 Å². The van der Waals surface area contributed by atoms with Crippen LogP contribution in [0.3, 0.4) is 0 Å². The first kappa shape index (κ1) is 24.7. The van der Waals surface area contributed by atoms with Crippen molar-refractivity contribution in [3.05, 3.63) is 70.0 Å². The fourth-order valence-electron chi connectivity index (χ4n) is 4.33. The molecule has 2 aromatic carbocycles. The van der Waals surface area contributed by atoms with Crippen molar-refractivity contribution in [1.82, 2.24) is 10.6 Å². The van der Waals surface area contributed by atoms with Gasteiger partial charge >= 0.3 is 6.18 Å². The lowest BCUT2D eigenvalue weighted by atomic mass is 9.88. The van der Waals surface area contributed by atoms with Gasteiger partial charge in [-0.15, -0.1) is 0 Å². The highest BCUT2D eigenvalue weighted by Crippen LogP contribution is 2.35. The number of piperidine rings is 2. The van der Waals surface area contributed by atoms with Gasteiger partial charge < -0.3 is 10.6 Å². The standard InChI is InChI=1S/C13H13F3N2.C12H13FN2/c14-13(15,16)12-7-10(1-2-11(12)8-17)9-3-5-18-6-4-9;13-12-7-10(1-2-11(12)8-14)9-3-5-15-6-4-9/h1-2,7,9,18H,3-6H2;1-2,7,9,15H,3-6H2. The van der Waals surface area contributed by atoms with Gasteiger partial charge in [0.25, 0.3) is 0 Å². The molecule has 2 saturated heterocycles. The van der Waals surface area contributed by atoms with Crippen molar-refractivity contribution in [2.75, 3.05) is 26.2 Å². The second-order valence-electron chi connectivity index (χ2n) is 8.31. The van der Waals surface area contributed by atoms with Crippen LogP contribution < -0.4 is 10.6 Å². The van der Waals surface area contributed by atoms with Gasteiger partial charge in [-0.2, -0.15) is 23.7 Å². The molecule has 33 heavy (non-hydrogen) atoms. The van der Waals surface area contributed by atoms with Crippen molar-refractivity contribution in [1.29, 1.82) is 10.5 Å². The van der Waals surface area contributed by atoms with Crippen LogP contribution in [-0.2, 0) is 6.18 Å².